The normalized spacial score (nSPS) is 11.9. The minimum absolute atomic E-state index is 0.0753. The highest BCUT2D eigenvalue weighted by molar-refractivity contribution is 7.97. The Morgan fingerprint density at radius 1 is 1.15 bits per heavy atom. The maximum atomic E-state index is 13.3. The highest BCUT2D eigenvalue weighted by atomic mass is 32.2. The summed E-state index contributed by atoms with van der Waals surface area (Å²) in [4.78, 5) is 34.1. The van der Waals surface area contributed by atoms with Crippen LogP contribution in [0.4, 0.5) is 5.69 Å². The van der Waals surface area contributed by atoms with E-state index in [9.17, 15) is 9.59 Å². The molecule has 0 aliphatic rings. The Balaban J connectivity index is 1.84. The Morgan fingerprint density at radius 2 is 1.94 bits per heavy atom. The van der Waals surface area contributed by atoms with Crippen LogP contribution in [0, 0.1) is 13.8 Å². The van der Waals surface area contributed by atoms with Gasteiger partial charge in [-0.2, -0.15) is 0 Å². The summed E-state index contributed by atoms with van der Waals surface area (Å²) in [6, 6.07) is 10.8. The number of nitrogens with zero attached hydrogens (tertiary/aromatic N) is 2. The average molecular weight is 461 g/mol. The molecule has 4 aromatic rings. The molecule has 0 aliphatic heterocycles. The highest BCUT2D eigenvalue weighted by Gasteiger charge is 2.20. The van der Waals surface area contributed by atoms with Gasteiger partial charge in [0.05, 0.1) is 17.1 Å². The Bertz CT molecular complexity index is 1390. The Hall–Kier alpha value is -3.65. The van der Waals surface area contributed by atoms with Crippen LogP contribution >= 0.6 is 11.9 Å². The van der Waals surface area contributed by atoms with Gasteiger partial charge >= 0.3 is 0 Å². The summed E-state index contributed by atoms with van der Waals surface area (Å²) in [6.07, 6.45) is 6.71. The van der Waals surface area contributed by atoms with Gasteiger partial charge in [-0.05, 0) is 56.7 Å². The van der Waals surface area contributed by atoms with Crippen molar-refractivity contribution in [1.82, 2.24) is 14.7 Å². The smallest absolute Gasteiger partial charge is 0.281 e. The van der Waals surface area contributed by atoms with E-state index in [0.717, 1.165) is 16.7 Å². The van der Waals surface area contributed by atoms with Crippen molar-refractivity contribution in [3.05, 3.63) is 87.6 Å². The number of benzene rings is 1. The fourth-order valence-corrected chi connectivity index (χ4v) is 4.10. The van der Waals surface area contributed by atoms with Gasteiger partial charge in [0.25, 0.3) is 5.91 Å². The number of fused-ring (bicyclic) bond motifs is 1. The SMILES string of the molecule is CSNC(=O)c1ncccc1NC(C)c1cc(C)cc2c(=O)c(C)c(-c3cccnc3)oc12. The Kier molecular flexibility index (Phi) is 6.46. The molecule has 4 rings (SSSR count). The van der Waals surface area contributed by atoms with Crippen molar-refractivity contribution in [3.63, 3.8) is 0 Å². The van der Waals surface area contributed by atoms with E-state index >= 15 is 0 Å². The van der Waals surface area contributed by atoms with Gasteiger partial charge in [-0.1, -0.05) is 18.0 Å². The molecule has 0 radical (unpaired) electrons. The second kappa shape index (κ2) is 9.46. The second-order valence-corrected chi connectivity index (χ2v) is 8.37. The molecule has 0 saturated carbocycles. The predicted molar refractivity (Wildman–Crippen MR) is 132 cm³/mol. The molecule has 7 nitrogen and oxygen atoms in total. The molecule has 168 valence electrons. The molecule has 0 saturated heterocycles. The van der Waals surface area contributed by atoms with E-state index in [1.165, 1.54) is 11.9 Å². The fraction of sp³-hybridized carbons (Fsp3) is 0.200. The molecule has 0 aliphatic carbocycles. The number of anilines is 1. The van der Waals surface area contributed by atoms with Crippen molar-refractivity contribution in [3.8, 4) is 11.3 Å². The van der Waals surface area contributed by atoms with E-state index in [2.05, 4.69) is 20.0 Å². The number of nitrogens with one attached hydrogen (secondary N) is 2. The lowest BCUT2D eigenvalue weighted by Gasteiger charge is -2.20. The molecule has 1 amide bonds. The van der Waals surface area contributed by atoms with Gasteiger partial charge in [0, 0.05) is 41.5 Å². The summed E-state index contributed by atoms with van der Waals surface area (Å²) in [7, 11) is 0. The summed E-state index contributed by atoms with van der Waals surface area (Å²) in [5.74, 6) is 0.215. The third kappa shape index (κ3) is 4.47. The zero-order chi connectivity index (χ0) is 23.5. The van der Waals surface area contributed by atoms with Crippen LogP contribution in [-0.4, -0.2) is 22.1 Å². The van der Waals surface area contributed by atoms with E-state index in [1.807, 2.05) is 38.1 Å². The van der Waals surface area contributed by atoms with Gasteiger partial charge in [-0.3, -0.25) is 19.3 Å². The van der Waals surface area contributed by atoms with Crippen molar-refractivity contribution in [1.29, 1.82) is 0 Å². The molecule has 2 N–H and O–H groups in total. The van der Waals surface area contributed by atoms with Crippen molar-refractivity contribution < 1.29 is 9.21 Å². The molecule has 3 heterocycles. The Morgan fingerprint density at radius 3 is 2.67 bits per heavy atom. The third-order valence-electron chi connectivity index (χ3n) is 5.37. The molecular formula is C25H24N4O3S. The van der Waals surface area contributed by atoms with E-state index in [-0.39, 0.29) is 17.4 Å². The number of amides is 1. The summed E-state index contributed by atoms with van der Waals surface area (Å²) in [5, 5.41) is 3.90. The van der Waals surface area contributed by atoms with E-state index in [1.54, 1.807) is 43.9 Å². The van der Waals surface area contributed by atoms with Gasteiger partial charge in [0.2, 0.25) is 0 Å². The van der Waals surface area contributed by atoms with E-state index in [4.69, 9.17) is 4.42 Å². The number of carbonyl (C=O) groups excluding carboxylic acids is 1. The summed E-state index contributed by atoms with van der Waals surface area (Å²) in [6.45, 7) is 5.67. The van der Waals surface area contributed by atoms with Crippen LogP contribution < -0.4 is 15.5 Å². The molecule has 1 atom stereocenters. The van der Waals surface area contributed by atoms with Gasteiger partial charge in [0.15, 0.2) is 11.1 Å². The van der Waals surface area contributed by atoms with Crippen LogP contribution in [-0.2, 0) is 0 Å². The Labute approximate surface area is 195 Å². The number of hydrogen-bond acceptors (Lipinski definition) is 7. The van der Waals surface area contributed by atoms with E-state index < -0.39 is 0 Å². The maximum absolute atomic E-state index is 13.3. The maximum Gasteiger partial charge on any atom is 0.281 e. The minimum atomic E-state index is -0.284. The van der Waals surface area contributed by atoms with Crippen molar-refractivity contribution >= 4 is 34.5 Å². The van der Waals surface area contributed by atoms with Gasteiger partial charge < -0.3 is 9.73 Å². The number of hydrogen-bond donors (Lipinski definition) is 2. The number of rotatable bonds is 6. The molecule has 0 bridgehead atoms. The molecule has 1 unspecified atom stereocenters. The monoisotopic (exact) mass is 460 g/mol. The molecule has 33 heavy (non-hydrogen) atoms. The van der Waals surface area contributed by atoms with Crippen LogP contribution in [0.5, 0.6) is 0 Å². The second-order valence-electron chi connectivity index (χ2n) is 7.76. The fourth-order valence-electron chi connectivity index (χ4n) is 3.82. The first-order chi connectivity index (χ1) is 15.9. The third-order valence-corrected chi connectivity index (χ3v) is 5.76. The summed E-state index contributed by atoms with van der Waals surface area (Å²) in [5.41, 5.74) is 4.35. The lowest BCUT2D eigenvalue weighted by Crippen LogP contribution is -2.20. The summed E-state index contributed by atoms with van der Waals surface area (Å²) >= 11 is 1.21. The predicted octanol–water partition coefficient (Wildman–Crippen LogP) is 5.05. The van der Waals surface area contributed by atoms with Crippen LogP contribution in [0.3, 0.4) is 0 Å². The first kappa shape index (κ1) is 22.5. The largest absolute Gasteiger partial charge is 0.455 e. The molecule has 3 aromatic heterocycles. The lowest BCUT2D eigenvalue weighted by atomic mass is 9.99. The average Bonchev–Trinajstić information content (AvgIpc) is 2.82. The zero-order valence-corrected chi connectivity index (χ0v) is 19.6. The van der Waals surface area contributed by atoms with Crippen molar-refractivity contribution in [2.45, 2.75) is 26.8 Å². The molecule has 0 fully saturated rings. The van der Waals surface area contributed by atoms with Crippen molar-refractivity contribution in [2.75, 3.05) is 11.6 Å². The van der Waals surface area contributed by atoms with Gasteiger partial charge in [-0.25, -0.2) is 4.98 Å². The molecular weight excluding hydrogens is 436 g/mol. The van der Waals surface area contributed by atoms with Crippen LogP contribution in [0.25, 0.3) is 22.3 Å². The van der Waals surface area contributed by atoms with Crippen LogP contribution in [0.2, 0.25) is 0 Å². The van der Waals surface area contributed by atoms with Crippen molar-refractivity contribution in [2.24, 2.45) is 0 Å². The van der Waals surface area contributed by atoms with Gasteiger partial charge in [0.1, 0.15) is 11.3 Å². The first-order valence-electron chi connectivity index (χ1n) is 10.4. The number of aryl methyl sites for hydroxylation is 1. The number of pyridine rings is 2. The lowest BCUT2D eigenvalue weighted by molar-refractivity contribution is 0.0980. The number of aromatic nitrogens is 2. The molecule has 1 aromatic carbocycles. The molecule has 8 heteroatoms. The highest BCUT2D eigenvalue weighted by Crippen LogP contribution is 2.32. The summed E-state index contributed by atoms with van der Waals surface area (Å²) < 4.78 is 9.05. The van der Waals surface area contributed by atoms with E-state index in [0.29, 0.717) is 33.7 Å². The van der Waals surface area contributed by atoms with Gasteiger partial charge in [-0.15, -0.1) is 0 Å². The van der Waals surface area contributed by atoms with Crippen LogP contribution in [0.1, 0.15) is 40.1 Å². The number of carbonyl (C=O) groups is 1. The quantitative estimate of drug-likeness (QED) is 0.389. The minimum Gasteiger partial charge on any atom is -0.455 e. The standard InChI is InChI=1S/C25H24N4O3S/c1-14-11-18(16(3)28-20-8-6-10-27-21(20)25(31)29-33-4)24-19(12-14)22(30)15(2)23(32-24)17-7-5-9-26-13-17/h5-13,16,28H,1-4H3,(H,29,31). The van der Waals surface area contributed by atoms with Crippen LogP contribution in [0.15, 0.2) is 64.2 Å². The molecule has 0 spiro atoms. The first-order valence-corrected chi connectivity index (χ1v) is 11.7. The topological polar surface area (TPSA) is 97.1 Å². The zero-order valence-electron chi connectivity index (χ0n) is 18.8.